The molecule has 1 aromatic carbocycles. The minimum atomic E-state index is -1.02. The predicted molar refractivity (Wildman–Crippen MR) is 104 cm³/mol. The van der Waals surface area contributed by atoms with Crippen LogP contribution in [0.1, 0.15) is 49.4 Å². The quantitative estimate of drug-likeness (QED) is 0.540. The lowest BCUT2D eigenvalue weighted by atomic mass is 10.1. The van der Waals surface area contributed by atoms with E-state index in [0.717, 1.165) is 10.9 Å². The van der Waals surface area contributed by atoms with Crippen LogP contribution in [0.15, 0.2) is 30.5 Å². The highest BCUT2D eigenvalue weighted by Crippen LogP contribution is 2.23. The molecule has 0 aliphatic rings. The number of carbonyl (C=O) groups is 3. The van der Waals surface area contributed by atoms with Gasteiger partial charge in [0.2, 0.25) is 5.78 Å². The average Bonchev–Trinajstić information content (AvgIpc) is 3.17. The van der Waals surface area contributed by atoms with Crippen molar-refractivity contribution in [2.24, 2.45) is 7.05 Å². The Morgan fingerprint density at radius 2 is 1.79 bits per heavy atom. The number of aromatic nitrogens is 2. The lowest BCUT2D eigenvalue weighted by Crippen LogP contribution is -2.25. The fourth-order valence-corrected chi connectivity index (χ4v) is 3.39. The van der Waals surface area contributed by atoms with Crippen molar-refractivity contribution in [1.29, 1.82) is 0 Å². The number of nitrogens with zero attached hydrogens (tertiary/aromatic N) is 1. The molecule has 2 heterocycles. The fourth-order valence-electron chi connectivity index (χ4n) is 3.39. The number of fused-ring (bicyclic) bond motifs is 1. The molecule has 0 fully saturated rings. The molecule has 146 valence electrons. The molecule has 0 aliphatic carbocycles. The van der Waals surface area contributed by atoms with Gasteiger partial charge in [0.1, 0.15) is 0 Å². The van der Waals surface area contributed by atoms with Crippen molar-refractivity contribution in [2.45, 2.75) is 26.9 Å². The number of aromatic amines is 1. The van der Waals surface area contributed by atoms with E-state index in [9.17, 15) is 14.4 Å². The van der Waals surface area contributed by atoms with Gasteiger partial charge < -0.3 is 19.0 Å². The zero-order chi connectivity index (χ0) is 20.6. The first-order chi connectivity index (χ1) is 13.3. The maximum Gasteiger partial charge on any atom is 0.341 e. The summed E-state index contributed by atoms with van der Waals surface area (Å²) in [4.78, 5) is 40.3. The van der Waals surface area contributed by atoms with Crippen LogP contribution in [0, 0.1) is 13.8 Å². The molecule has 1 unspecified atom stereocenters. The van der Waals surface area contributed by atoms with Crippen LogP contribution in [0.4, 0.5) is 0 Å². The standard InChI is InChI=1S/C21H22N2O5/c1-11-17(21(26)27-5)12(2)22-18(11)19(24)13(3)28-20(25)15-10-23(4)16-9-7-6-8-14(15)16/h6-10,13,22H,1-5H3. The van der Waals surface area contributed by atoms with E-state index in [1.807, 2.05) is 35.9 Å². The van der Waals surface area contributed by atoms with Gasteiger partial charge >= 0.3 is 11.9 Å². The third-order valence-electron chi connectivity index (χ3n) is 4.84. The van der Waals surface area contributed by atoms with E-state index in [4.69, 9.17) is 9.47 Å². The third kappa shape index (κ3) is 3.19. The van der Waals surface area contributed by atoms with E-state index in [1.165, 1.54) is 14.0 Å². The summed E-state index contributed by atoms with van der Waals surface area (Å²) >= 11 is 0. The molecule has 0 aliphatic heterocycles. The van der Waals surface area contributed by atoms with Gasteiger partial charge in [-0.2, -0.15) is 0 Å². The molecular weight excluding hydrogens is 360 g/mol. The summed E-state index contributed by atoms with van der Waals surface area (Å²) in [6.07, 6.45) is 0.664. The summed E-state index contributed by atoms with van der Waals surface area (Å²) in [5.41, 5.74) is 2.84. The van der Waals surface area contributed by atoms with Gasteiger partial charge in [-0.1, -0.05) is 18.2 Å². The molecule has 3 aromatic rings. The summed E-state index contributed by atoms with van der Waals surface area (Å²) in [5, 5.41) is 0.759. The lowest BCUT2D eigenvalue weighted by molar-refractivity contribution is 0.0318. The number of methoxy groups -OCH3 is 1. The first-order valence-corrected chi connectivity index (χ1v) is 8.83. The number of carbonyl (C=O) groups excluding carboxylic acids is 3. The molecule has 3 rings (SSSR count). The Morgan fingerprint density at radius 3 is 2.46 bits per heavy atom. The molecule has 1 atom stereocenters. The predicted octanol–water partition coefficient (Wildman–Crippen LogP) is 3.34. The monoisotopic (exact) mass is 382 g/mol. The molecule has 0 spiro atoms. The number of benzene rings is 1. The molecular formula is C21H22N2O5. The number of rotatable bonds is 5. The fraction of sp³-hybridized carbons (Fsp3) is 0.286. The zero-order valence-electron chi connectivity index (χ0n) is 16.5. The van der Waals surface area contributed by atoms with Crippen molar-refractivity contribution in [3.05, 3.63) is 58.5 Å². The highest BCUT2D eigenvalue weighted by Gasteiger charge is 2.28. The Labute approximate surface area is 162 Å². The highest BCUT2D eigenvalue weighted by molar-refractivity contribution is 6.07. The number of hydrogen-bond donors (Lipinski definition) is 1. The minimum absolute atomic E-state index is 0.233. The molecule has 0 saturated carbocycles. The van der Waals surface area contributed by atoms with Crippen molar-refractivity contribution in [3.8, 4) is 0 Å². The molecule has 28 heavy (non-hydrogen) atoms. The van der Waals surface area contributed by atoms with Crippen molar-refractivity contribution < 1.29 is 23.9 Å². The number of Topliss-reactive ketones (excluding diaryl/α,β-unsaturated/α-hetero) is 1. The van der Waals surface area contributed by atoms with Gasteiger partial charge in [0.15, 0.2) is 6.10 Å². The summed E-state index contributed by atoms with van der Waals surface area (Å²) in [6, 6.07) is 7.46. The van der Waals surface area contributed by atoms with Crippen LogP contribution in [0.3, 0.4) is 0 Å². The third-order valence-corrected chi connectivity index (χ3v) is 4.84. The normalized spacial score (nSPS) is 12.0. The summed E-state index contributed by atoms with van der Waals surface area (Å²) < 4.78 is 12.0. The summed E-state index contributed by atoms with van der Waals surface area (Å²) in [7, 11) is 3.12. The maximum atomic E-state index is 12.8. The Bertz CT molecular complexity index is 1090. The summed E-state index contributed by atoms with van der Waals surface area (Å²) in [5.74, 6) is -1.51. The van der Waals surface area contributed by atoms with Crippen LogP contribution in [0.2, 0.25) is 0 Å². The Kier molecular flexibility index (Phi) is 5.09. The number of esters is 2. The molecule has 1 N–H and O–H groups in total. The van der Waals surface area contributed by atoms with Crippen LogP contribution in [0.25, 0.3) is 10.9 Å². The number of ketones is 1. The first-order valence-electron chi connectivity index (χ1n) is 8.83. The van der Waals surface area contributed by atoms with Gasteiger partial charge in [-0.25, -0.2) is 9.59 Å². The van der Waals surface area contributed by atoms with Crippen molar-refractivity contribution >= 4 is 28.6 Å². The van der Waals surface area contributed by atoms with E-state index in [-0.39, 0.29) is 5.69 Å². The second-order valence-electron chi connectivity index (χ2n) is 6.70. The van der Waals surface area contributed by atoms with Gasteiger partial charge in [-0.15, -0.1) is 0 Å². The highest BCUT2D eigenvalue weighted by atomic mass is 16.5. The molecule has 0 saturated heterocycles. The number of ether oxygens (including phenoxy) is 2. The second-order valence-corrected chi connectivity index (χ2v) is 6.70. The first kappa shape index (κ1) is 19.4. The molecule has 7 nitrogen and oxygen atoms in total. The van der Waals surface area contributed by atoms with E-state index < -0.39 is 23.8 Å². The second kappa shape index (κ2) is 7.34. The molecule has 2 aromatic heterocycles. The number of aryl methyl sites for hydroxylation is 2. The molecule has 7 heteroatoms. The molecule has 0 bridgehead atoms. The van der Waals surface area contributed by atoms with E-state index in [2.05, 4.69) is 4.98 Å². The maximum absolute atomic E-state index is 12.8. The smallest absolute Gasteiger partial charge is 0.341 e. The molecule has 0 amide bonds. The minimum Gasteiger partial charge on any atom is -0.465 e. The average molecular weight is 382 g/mol. The van der Waals surface area contributed by atoms with Crippen molar-refractivity contribution in [3.63, 3.8) is 0 Å². The van der Waals surface area contributed by atoms with Crippen LogP contribution < -0.4 is 0 Å². The van der Waals surface area contributed by atoms with Gasteiger partial charge in [0.05, 0.1) is 23.9 Å². The van der Waals surface area contributed by atoms with Crippen LogP contribution >= 0.6 is 0 Å². The van der Waals surface area contributed by atoms with Crippen LogP contribution in [0.5, 0.6) is 0 Å². The number of hydrogen-bond acceptors (Lipinski definition) is 5. The van der Waals surface area contributed by atoms with E-state index in [0.29, 0.717) is 22.4 Å². The van der Waals surface area contributed by atoms with Crippen LogP contribution in [-0.2, 0) is 16.5 Å². The van der Waals surface area contributed by atoms with E-state index in [1.54, 1.807) is 20.0 Å². The van der Waals surface area contributed by atoms with Gasteiger partial charge in [-0.05, 0) is 32.4 Å². The van der Waals surface area contributed by atoms with Crippen molar-refractivity contribution in [2.75, 3.05) is 7.11 Å². The zero-order valence-corrected chi connectivity index (χ0v) is 16.5. The van der Waals surface area contributed by atoms with Gasteiger partial charge in [0.25, 0.3) is 0 Å². The van der Waals surface area contributed by atoms with Crippen LogP contribution in [-0.4, -0.2) is 40.5 Å². The number of H-pyrrole nitrogens is 1. The SMILES string of the molecule is COC(=O)c1c(C)[nH]c(C(=O)C(C)OC(=O)c2cn(C)c3ccccc23)c1C. The Balaban J connectivity index is 1.85. The Hall–Kier alpha value is -3.35. The Morgan fingerprint density at radius 1 is 1.11 bits per heavy atom. The van der Waals surface area contributed by atoms with Gasteiger partial charge in [-0.3, -0.25) is 4.79 Å². The topological polar surface area (TPSA) is 90.4 Å². The van der Waals surface area contributed by atoms with Gasteiger partial charge in [0, 0.05) is 29.8 Å². The van der Waals surface area contributed by atoms with Crippen molar-refractivity contribution in [1.82, 2.24) is 9.55 Å². The number of nitrogens with one attached hydrogen (secondary N) is 1. The molecule has 0 radical (unpaired) electrons. The van der Waals surface area contributed by atoms with E-state index >= 15 is 0 Å². The summed E-state index contributed by atoms with van der Waals surface area (Å²) in [6.45, 7) is 4.85. The lowest BCUT2D eigenvalue weighted by Gasteiger charge is -2.12. The largest absolute Gasteiger partial charge is 0.465 e. The number of para-hydroxylation sites is 1.